The molecular weight excluding hydrogens is 372 g/mol. The van der Waals surface area contributed by atoms with E-state index in [1.54, 1.807) is 36.4 Å². The van der Waals surface area contributed by atoms with Gasteiger partial charge in [-0.05, 0) is 55.8 Å². The Balaban J connectivity index is 1.67. The van der Waals surface area contributed by atoms with Gasteiger partial charge in [0.05, 0.1) is 16.8 Å². The molecule has 1 saturated heterocycles. The number of aromatic hydroxyl groups is 1. The number of aliphatic hydroxyl groups is 1. The van der Waals surface area contributed by atoms with E-state index in [2.05, 4.69) is 10.2 Å². The van der Waals surface area contributed by atoms with Crippen LogP contribution in [0.1, 0.15) is 29.4 Å². The van der Waals surface area contributed by atoms with Gasteiger partial charge < -0.3 is 20.4 Å². The van der Waals surface area contributed by atoms with Crippen molar-refractivity contribution in [3.8, 4) is 5.75 Å². The SMILES string of the molecule is O=C(Cc1ccc(O)cc1)N[C@H](CN1CCCC1)[C@H](O)c1ccc(Cl)s1. The first-order valence-corrected chi connectivity index (χ1v) is 9.93. The third-order valence-corrected chi connectivity index (χ3v) is 5.87. The molecule has 1 fully saturated rings. The summed E-state index contributed by atoms with van der Waals surface area (Å²) in [5.41, 5.74) is 0.814. The number of amides is 1. The highest BCUT2D eigenvalue weighted by Gasteiger charge is 2.27. The predicted octanol–water partition coefficient (Wildman–Crippen LogP) is 2.96. The minimum Gasteiger partial charge on any atom is -0.508 e. The second-order valence-electron chi connectivity index (χ2n) is 6.61. The summed E-state index contributed by atoms with van der Waals surface area (Å²) in [7, 11) is 0. The molecule has 26 heavy (non-hydrogen) atoms. The molecule has 3 N–H and O–H groups in total. The average molecular weight is 395 g/mol. The Morgan fingerprint density at radius 2 is 1.88 bits per heavy atom. The van der Waals surface area contributed by atoms with E-state index in [9.17, 15) is 15.0 Å². The molecule has 0 bridgehead atoms. The first-order valence-electron chi connectivity index (χ1n) is 8.74. The van der Waals surface area contributed by atoms with Crippen molar-refractivity contribution in [2.24, 2.45) is 0 Å². The molecule has 0 aliphatic carbocycles. The number of rotatable bonds is 7. The fourth-order valence-corrected chi connectivity index (χ4v) is 4.32. The molecule has 0 spiro atoms. The quantitative estimate of drug-likeness (QED) is 0.675. The number of phenolic OH excluding ortho intramolecular Hbond substituents is 1. The maximum Gasteiger partial charge on any atom is 0.224 e. The van der Waals surface area contributed by atoms with Crippen molar-refractivity contribution in [2.45, 2.75) is 31.4 Å². The molecule has 3 rings (SSSR count). The van der Waals surface area contributed by atoms with Crippen LogP contribution in [-0.2, 0) is 11.2 Å². The van der Waals surface area contributed by atoms with Crippen LogP contribution in [0.4, 0.5) is 0 Å². The number of nitrogens with one attached hydrogen (secondary N) is 1. The summed E-state index contributed by atoms with van der Waals surface area (Å²) < 4.78 is 0.620. The molecule has 2 aromatic rings. The van der Waals surface area contributed by atoms with E-state index in [4.69, 9.17) is 11.6 Å². The second-order valence-corrected chi connectivity index (χ2v) is 8.36. The molecule has 1 aromatic heterocycles. The summed E-state index contributed by atoms with van der Waals surface area (Å²) in [5, 5.41) is 23.1. The zero-order valence-electron chi connectivity index (χ0n) is 14.4. The molecule has 5 nitrogen and oxygen atoms in total. The summed E-state index contributed by atoms with van der Waals surface area (Å²) >= 11 is 7.33. The van der Waals surface area contributed by atoms with Gasteiger partial charge >= 0.3 is 0 Å². The van der Waals surface area contributed by atoms with Crippen LogP contribution < -0.4 is 5.32 Å². The zero-order valence-corrected chi connectivity index (χ0v) is 16.0. The Bertz CT molecular complexity index is 729. The fourth-order valence-electron chi connectivity index (χ4n) is 3.21. The highest BCUT2D eigenvalue weighted by atomic mass is 35.5. The lowest BCUT2D eigenvalue weighted by atomic mass is 10.1. The van der Waals surface area contributed by atoms with Crippen molar-refractivity contribution in [2.75, 3.05) is 19.6 Å². The van der Waals surface area contributed by atoms with Crippen LogP contribution in [0.3, 0.4) is 0 Å². The number of phenols is 1. The summed E-state index contributed by atoms with van der Waals surface area (Å²) in [5.74, 6) is 0.0210. The van der Waals surface area contributed by atoms with Gasteiger partial charge in [0.1, 0.15) is 11.9 Å². The van der Waals surface area contributed by atoms with Crippen LogP contribution in [0.15, 0.2) is 36.4 Å². The number of nitrogens with zero attached hydrogens (tertiary/aromatic N) is 1. The van der Waals surface area contributed by atoms with Gasteiger partial charge in [-0.2, -0.15) is 0 Å². The van der Waals surface area contributed by atoms with Gasteiger partial charge in [-0.1, -0.05) is 23.7 Å². The van der Waals surface area contributed by atoms with Gasteiger partial charge in [-0.3, -0.25) is 4.79 Å². The molecule has 1 amide bonds. The lowest BCUT2D eigenvalue weighted by molar-refractivity contribution is -0.122. The predicted molar refractivity (Wildman–Crippen MR) is 104 cm³/mol. The van der Waals surface area contributed by atoms with Gasteiger partial charge in [0, 0.05) is 11.4 Å². The maximum atomic E-state index is 12.5. The van der Waals surface area contributed by atoms with Crippen LogP contribution in [-0.4, -0.2) is 46.7 Å². The highest BCUT2D eigenvalue weighted by Crippen LogP contribution is 2.29. The summed E-state index contributed by atoms with van der Waals surface area (Å²) in [6, 6.07) is 9.74. The minimum atomic E-state index is -0.795. The van der Waals surface area contributed by atoms with Gasteiger partial charge in [0.25, 0.3) is 0 Å². The molecule has 0 saturated carbocycles. The molecule has 1 aliphatic heterocycles. The molecule has 7 heteroatoms. The zero-order chi connectivity index (χ0) is 18.5. The Labute approximate surface area is 162 Å². The normalized spacial score (nSPS) is 17.2. The number of carbonyl (C=O) groups is 1. The molecule has 140 valence electrons. The van der Waals surface area contributed by atoms with E-state index in [1.807, 2.05) is 0 Å². The topological polar surface area (TPSA) is 72.8 Å². The molecule has 1 aliphatic rings. The lowest BCUT2D eigenvalue weighted by Gasteiger charge is -2.28. The van der Waals surface area contributed by atoms with E-state index < -0.39 is 12.1 Å². The fraction of sp³-hybridized carbons (Fsp3) is 0.421. The Kier molecular flexibility index (Phi) is 6.53. The molecule has 2 heterocycles. The van der Waals surface area contributed by atoms with Gasteiger partial charge in [0.2, 0.25) is 5.91 Å². The first kappa shape index (κ1) is 19.2. The maximum absolute atomic E-state index is 12.5. The van der Waals surface area contributed by atoms with Crippen molar-refractivity contribution < 1.29 is 15.0 Å². The number of carbonyl (C=O) groups excluding carboxylic acids is 1. The van der Waals surface area contributed by atoms with Crippen LogP contribution in [0.2, 0.25) is 4.34 Å². The summed E-state index contributed by atoms with van der Waals surface area (Å²) in [6.45, 7) is 2.59. The second kappa shape index (κ2) is 8.86. The van der Waals surface area contributed by atoms with Crippen LogP contribution >= 0.6 is 22.9 Å². The Morgan fingerprint density at radius 1 is 1.19 bits per heavy atom. The number of hydrogen-bond acceptors (Lipinski definition) is 5. The smallest absolute Gasteiger partial charge is 0.224 e. The third-order valence-electron chi connectivity index (χ3n) is 4.57. The average Bonchev–Trinajstić information content (AvgIpc) is 3.27. The van der Waals surface area contributed by atoms with Crippen LogP contribution in [0, 0.1) is 0 Å². The molecule has 1 aromatic carbocycles. The first-order chi connectivity index (χ1) is 12.5. The molecule has 2 atom stereocenters. The van der Waals surface area contributed by atoms with Gasteiger partial charge in [0.15, 0.2) is 0 Å². The Hall–Kier alpha value is -1.60. The van der Waals surface area contributed by atoms with Crippen molar-refractivity contribution in [3.05, 3.63) is 51.2 Å². The number of benzene rings is 1. The number of hydrogen-bond donors (Lipinski definition) is 3. The van der Waals surface area contributed by atoms with E-state index in [0.29, 0.717) is 10.9 Å². The molecule has 0 unspecified atom stereocenters. The van der Waals surface area contributed by atoms with E-state index in [0.717, 1.165) is 36.4 Å². The van der Waals surface area contributed by atoms with Crippen molar-refractivity contribution in [1.29, 1.82) is 0 Å². The standard InChI is InChI=1S/C19H23ClN2O3S/c20-17-8-7-16(26-17)19(25)15(12-22-9-1-2-10-22)21-18(24)11-13-3-5-14(23)6-4-13/h3-8,15,19,23,25H,1-2,9-12H2,(H,21,24)/t15-,19+/m1/s1. The van der Waals surface area contributed by atoms with Crippen molar-refractivity contribution in [1.82, 2.24) is 10.2 Å². The monoisotopic (exact) mass is 394 g/mol. The largest absolute Gasteiger partial charge is 0.508 e. The lowest BCUT2D eigenvalue weighted by Crippen LogP contribution is -2.47. The van der Waals surface area contributed by atoms with E-state index in [1.165, 1.54) is 11.3 Å². The highest BCUT2D eigenvalue weighted by molar-refractivity contribution is 7.16. The number of aliphatic hydroxyl groups excluding tert-OH is 1. The third kappa shape index (κ3) is 5.20. The van der Waals surface area contributed by atoms with Crippen LogP contribution in [0.25, 0.3) is 0 Å². The van der Waals surface area contributed by atoms with Gasteiger partial charge in [-0.25, -0.2) is 0 Å². The Morgan fingerprint density at radius 3 is 2.50 bits per heavy atom. The minimum absolute atomic E-state index is 0.151. The number of halogens is 1. The molecular formula is C19H23ClN2O3S. The molecule has 0 radical (unpaired) electrons. The van der Waals surface area contributed by atoms with Crippen LogP contribution in [0.5, 0.6) is 5.75 Å². The van der Waals surface area contributed by atoms with E-state index in [-0.39, 0.29) is 18.1 Å². The van der Waals surface area contributed by atoms with Crippen molar-refractivity contribution in [3.63, 3.8) is 0 Å². The number of likely N-dealkylation sites (tertiary alicyclic amines) is 1. The van der Waals surface area contributed by atoms with E-state index >= 15 is 0 Å². The number of thiophene rings is 1. The summed E-state index contributed by atoms with van der Waals surface area (Å²) in [6.07, 6.45) is 1.70. The van der Waals surface area contributed by atoms with Crippen molar-refractivity contribution >= 4 is 28.8 Å². The van der Waals surface area contributed by atoms with Gasteiger partial charge in [-0.15, -0.1) is 11.3 Å². The summed E-state index contributed by atoms with van der Waals surface area (Å²) in [4.78, 5) is 15.5.